The molecule has 0 aliphatic carbocycles. The van der Waals surface area contributed by atoms with Crippen molar-refractivity contribution in [2.45, 2.75) is 18.9 Å². The smallest absolute Gasteiger partial charge is 0.325 e. The number of hydrogen-bond acceptors (Lipinski definition) is 4. The summed E-state index contributed by atoms with van der Waals surface area (Å²) in [4.78, 5) is 37.4. The van der Waals surface area contributed by atoms with Crippen molar-refractivity contribution in [2.24, 2.45) is 0 Å². The van der Waals surface area contributed by atoms with E-state index in [4.69, 9.17) is 5.11 Å². The Morgan fingerprint density at radius 2 is 2.00 bits per heavy atom. The molecule has 1 aromatic carbocycles. The number of benzene rings is 1. The number of carbonyl (C=O) groups excluding carboxylic acids is 3. The lowest BCUT2D eigenvalue weighted by atomic mass is 9.87. The highest BCUT2D eigenvalue weighted by Gasteiger charge is 2.51. The molecule has 7 heteroatoms. The van der Waals surface area contributed by atoms with Crippen LogP contribution >= 0.6 is 0 Å². The maximum absolute atomic E-state index is 12.7. The van der Waals surface area contributed by atoms with Gasteiger partial charge in [-0.3, -0.25) is 14.5 Å². The largest absolute Gasteiger partial charge is 0.395 e. The van der Waals surface area contributed by atoms with E-state index in [0.717, 1.165) is 4.90 Å². The first kappa shape index (κ1) is 16.0. The predicted molar refractivity (Wildman–Crippen MR) is 78.8 cm³/mol. The van der Waals surface area contributed by atoms with Gasteiger partial charge in [0.05, 0.1) is 6.61 Å². The summed E-state index contributed by atoms with van der Waals surface area (Å²) < 4.78 is 0. The van der Waals surface area contributed by atoms with Crippen LogP contribution in [0.15, 0.2) is 30.3 Å². The zero-order valence-electron chi connectivity index (χ0n) is 12.3. The molecule has 1 aromatic rings. The first-order valence-corrected chi connectivity index (χ1v) is 7.12. The third-order valence-electron chi connectivity index (χ3n) is 3.71. The summed E-state index contributed by atoms with van der Waals surface area (Å²) in [5.41, 5.74) is -0.440. The highest BCUT2D eigenvalue weighted by atomic mass is 16.3. The van der Waals surface area contributed by atoms with Crippen LogP contribution in [0.2, 0.25) is 0 Å². The van der Waals surface area contributed by atoms with Crippen LogP contribution in [0, 0.1) is 0 Å². The molecule has 0 unspecified atom stereocenters. The second-order valence-corrected chi connectivity index (χ2v) is 5.02. The maximum atomic E-state index is 12.7. The van der Waals surface area contributed by atoms with Gasteiger partial charge >= 0.3 is 6.03 Å². The quantitative estimate of drug-likeness (QED) is 0.642. The first-order chi connectivity index (χ1) is 10.5. The number of rotatable bonds is 6. The van der Waals surface area contributed by atoms with E-state index in [1.165, 1.54) is 0 Å². The van der Waals surface area contributed by atoms with Gasteiger partial charge in [0, 0.05) is 6.54 Å². The Morgan fingerprint density at radius 1 is 1.32 bits per heavy atom. The summed E-state index contributed by atoms with van der Waals surface area (Å²) in [6.45, 7) is 1.33. The zero-order chi connectivity index (χ0) is 16.2. The Bertz CT molecular complexity index is 575. The third kappa shape index (κ3) is 2.80. The van der Waals surface area contributed by atoms with Crippen LogP contribution in [0.1, 0.15) is 18.9 Å². The lowest BCUT2D eigenvalue weighted by Crippen LogP contribution is -2.45. The number of aliphatic hydroxyl groups excluding tert-OH is 1. The van der Waals surface area contributed by atoms with Gasteiger partial charge in [0.25, 0.3) is 5.91 Å². The zero-order valence-corrected chi connectivity index (χ0v) is 12.3. The molecule has 0 aromatic heterocycles. The fourth-order valence-electron chi connectivity index (χ4n) is 2.53. The minimum absolute atomic E-state index is 0.0834. The SMILES string of the molecule is CC[C@@]1(c2ccccc2)NC(=O)N(CC(=O)NCCO)C1=O. The van der Waals surface area contributed by atoms with Crippen LogP contribution in [-0.4, -0.2) is 47.5 Å². The van der Waals surface area contributed by atoms with Crippen molar-refractivity contribution < 1.29 is 19.5 Å². The van der Waals surface area contributed by atoms with Gasteiger partial charge in [0.2, 0.25) is 5.91 Å². The number of imide groups is 1. The van der Waals surface area contributed by atoms with Crippen molar-refractivity contribution in [3.05, 3.63) is 35.9 Å². The number of carbonyl (C=O) groups is 3. The minimum Gasteiger partial charge on any atom is -0.395 e. The highest BCUT2D eigenvalue weighted by Crippen LogP contribution is 2.32. The Hall–Kier alpha value is -2.41. The van der Waals surface area contributed by atoms with Crippen molar-refractivity contribution >= 4 is 17.8 Å². The molecule has 1 fully saturated rings. The summed E-state index contributed by atoms with van der Waals surface area (Å²) in [7, 11) is 0. The van der Waals surface area contributed by atoms with Crippen molar-refractivity contribution in [1.82, 2.24) is 15.5 Å². The molecular weight excluding hydrogens is 286 g/mol. The van der Waals surface area contributed by atoms with Crippen LogP contribution in [0.5, 0.6) is 0 Å². The lowest BCUT2D eigenvalue weighted by molar-refractivity contribution is -0.135. The van der Waals surface area contributed by atoms with E-state index in [-0.39, 0.29) is 19.7 Å². The monoisotopic (exact) mass is 305 g/mol. The average molecular weight is 305 g/mol. The molecule has 1 heterocycles. The normalized spacial score (nSPS) is 20.9. The topological polar surface area (TPSA) is 98.7 Å². The van der Waals surface area contributed by atoms with E-state index >= 15 is 0 Å². The molecule has 3 N–H and O–H groups in total. The number of amides is 4. The molecule has 0 saturated carbocycles. The molecule has 1 aliphatic rings. The van der Waals surface area contributed by atoms with Crippen LogP contribution in [0.3, 0.4) is 0 Å². The Morgan fingerprint density at radius 3 is 2.59 bits per heavy atom. The minimum atomic E-state index is -1.13. The standard InChI is InChI=1S/C15H19N3O4/c1-2-15(11-6-4-3-5-7-11)13(21)18(14(22)17-15)10-12(20)16-8-9-19/h3-7,19H,2,8-10H2,1H3,(H,16,20)(H,17,22)/t15-/m0/s1. The van der Waals surface area contributed by atoms with Gasteiger partial charge < -0.3 is 15.7 Å². The molecule has 1 saturated heterocycles. The predicted octanol–water partition coefficient (Wildman–Crippen LogP) is -0.0478. The molecule has 1 atom stereocenters. The Labute approximate surface area is 128 Å². The van der Waals surface area contributed by atoms with Crippen LogP contribution in [0.25, 0.3) is 0 Å². The van der Waals surface area contributed by atoms with Gasteiger partial charge in [-0.15, -0.1) is 0 Å². The van der Waals surface area contributed by atoms with Gasteiger partial charge in [0.15, 0.2) is 0 Å². The number of hydrogen-bond donors (Lipinski definition) is 3. The molecule has 0 bridgehead atoms. The van der Waals surface area contributed by atoms with Gasteiger partial charge in [-0.1, -0.05) is 37.3 Å². The molecule has 22 heavy (non-hydrogen) atoms. The van der Waals surface area contributed by atoms with E-state index in [2.05, 4.69) is 10.6 Å². The fourth-order valence-corrected chi connectivity index (χ4v) is 2.53. The van der Waals surface area contributed by atoms with Crippen molar-refractivity contribution in [2.75, 3.05) is 19.7 Å². The van der Waals surface area contributed by atoms with Crippen LogP contribution < -0.4 is 10.6 Å². The third-order valence-corrected chi connectivity index (χ3v) is 3.71. The average Bonchev–Trinajstić information content (AvgIpc) is 2.79. The van der Waals surface area contributed by atoms with E-state index in [9.17, 15) is 14.4 Å². The van der Waals surface area contributed by atoms with Crippen molar-refractivity contribution in [3.8, 4) is 0 Å². The molecule has 118 valence electrons. The molecule has 4 amide bonds. The first-order valence-electron chi connectivity index (χ1n) is 7.12. The fraction of sp³-hybridized carbons (Fsp3) is 0.400. The lowest BCUT2D eigenvalue weighted by Gasteiger charge is -2.25. The summed E-state index contributed by atoms with van der Waals surface area (Å²) in [5.74, 6) is -0.928. The van der Waals surface area contributed by atoms with Gasteiger partial charge in [-0.25, -0.2) is 4.79 Å². The summed E-state index contributed by atoms with van der Waals surface area (Å²) in [5, 5.41) is 13.8. The second-order valence-electron chi connectivity index (χ2n) is 5.02. The van der Waals surface area contributed by atoms with Gasteiger partial charge in [-0.05, 0) is 12.0 Å². The maximum Gasteiger partial charge on any atom is 0.325 e. The van der Waals surface area contributed by atoms with E-state index in [1.54, 1.807) is 31.2 Å². The van der Waals surface area contributed by atoms with Crippen LogP contribution in [0.4, 0.5) is 4.79 Å². The summed E-state index contributed by atoms with van der Waals surface area (Å²) in [6, 6.07) is 8.38. The molecule has 7 nitrogen and oxygen atoms in total. The number of nitrogens with zero attached hydrogens (tertiary/aromatic N) is 1. The van der Waals surface area contributed by atoms with Crippen LogP contribution in [-0.2, 0) is 15.1 Å². The van der Waals surface area contributed by atoms with Crippen molar-refractivity contribution in [3.63, 3.8) is 0 Å². The second kappa shape index (κ2) is 6.57. The summed E-state index contributed by atoms with van der Waals surface area (Å²) in [6.07, 6.45) is 0.385. The Balaban J connectivity index is 2.22. The van der Waals surface area contributed by atoms with Gasteiger partial charge in [-0.2, -0.15) is 0 Å². The molecule has 0 spiro atoms. The highest BCUT2D eigenvalue weighted by molar-refractivity contribution is 6.09. The molecule has 1 aliphatic heterocycles. The van der Waals surface area contributed by atoms with E-state index < -0.39 is 23.4 Å². The summed E-state index contributed by atoms with van der Waals surface area (Å²) >= 11 is 0. The number of aliphatic hydroxyl groups is 1. The van der Waals surface area contributed by atoms with Gasteiger partial charge in [0.1, 0.15) is 12.1 Å². The van der Waals surface area contributed by atoms with Crippen molar-refractivity contribution in [1.29, 1.82) is 0 Å². The molecule has 2 rings (SSSR count). The Kier molecular flexibility index (Phi) is 4.77. The molecule has 0 radical (unpaired) electrons. The van der Waals surface area contributed by atoms with E-state index in [1.807, 2.05) is 6.07 Å². The number of nitrogens with one attached hydrogen (secondary N) is 2. The molecular formula is C15H19N3O4. The van der Waals surface area contributed by atoms with E-state index in [0.29, 0.717) is 12.0 Å². The number of urea groups is 1.